The fraction of sp³-hybridized carbons (Fsp3) is 0.348. The van der Waals surface area contributed by atoms with Crippen molar-refractivity contribution in [3.8, 4) is 5.75 Å². The molecule has 1 aliphatic rings. The summed E-state index contributed by atoms with van der Waals surface area (Å²) in [6.45, 7) is 6.19. The molecular weight excluding hydrogens is 380 g/mol. The second-order valence-corrected chi connectivity index (χ2v) is 7.23. The third-order valence-electron chi connectivity index (χ3n) is 5.12. The van der Waals surface area contributed by atoms with Gasteiger partial charge in [0.25, 0.3) is 5.91 Å². The minimum absolute atomic E-state index is 0.534. The molecule has 0 radical (unpaired) electrons. The molecule has 0 bridgehead atoms. The lowest BCUT2D eigenvalue weighted by molar-refractivity contribution is -0.124. The number of carbonyl (C=O) groups excluding carboxylic acids is 1. The number of para-hydroxylation sites is 1. The number of hydrogen-bond acceptors (Lipinski definition) is 6. The van der Waals surface area contributed by atoms with Crippen molar-refractivity contribution in [2.24, 2.45) is 0 Å². The zero-order valence-electron chi connectivity index (χ0n) is 17.4. The second-order valence-electron chi connectivity index (χ2n) is 7.23. The fourth-order valence-corrected chi connectivity index (χ4v) is 3.49. The van der Waals surface area contributed by atoms with Crippen molar-refractivity contribution in [2.45, 2.75) is 6.54 Å². The van der Waals surface area contributed by atoms with Crippen LogP contribution in [-0.2, 0) is 11.3 Å². The molecule has 30 heavy (non-hydrogen) atoms. The molecule has 0 saturated carbocycles. The number of nitrogens with zero attached hydrogens (tertiary/aromatic N) is 2. The normalized spacial score (nSPS) is 14.8. The number of nitrogens with one attached hydrogen (secondary N) is 2. The highest BCUT2D eigenvalue weighted by Gasteiger charge is 2.18. The average Bonchev–Trinajstić information content (AvgIpc) is 2.79. The Hall–Kier alpha value is -2.87. The number of hydroxylamine groups is 1. The molecule has 0 aliphatic carbocycles. The van der Waals surface area contributed by atoms with Crippen LogP contribution in [0.5, 0.6) is 5.75 Å². The van der Waals surface area contributed by atoms with Crippen LogP contribution < -0.4 is 20.4 Å². The summed E-state index contributed by atoms with van der Waals surface area (Å²) in [5.41, 5.74) is 4.96. The number of piperazine rings is 1. The molecule has 0 atom stereocenters. The van der Waals surface area contributed by atoms with Crippen molar-refractivity contribution in [2.75, 3.05) is 51.3 Å². The molecule has 7 nitrogen and oxygen atoms in total. The van der Waals surface area contributed by atoms with Gasteiger partial charge in [0, 0.05) is 51.0 Å². The van der Waals surface area contributed by atoms with Crippen LogP contribution in [0.4, 0.5) is 5.69 Å². The Bertz CT molecular complexity index is 831. The number of rotatable bonds is 9. The van der Waals surface area contributed by atoms with Gasteiger partial charge in [-0.15, -0.1) is 0 Å². The highest BCUT2D eigenvalue weighted by atomic mass is 16.5. The predicted molar refractivity (Wildman–Crippen MR) is 119 cm³/mol. The third-order valence-corrected chi connectivity index (χ3v) is 5.12. The Morgan fingerprint density at radius 1 is 1.10 bits per heavy atom. The number of ether oxygens (including phenoxy) is 1. The van der Waals surface area contributed by atoms with Crippen LogP contribution in [-0.4, -0.2) is 62.4 Å². The van der Waals surface area contributed by atoms with Gasteiger partial charge in [0.05, 0.1) is 0 Å². The lowest BCUT2D eigenvalue weighted by Gasteiger charge is -2.36. The van der Waals surface area contributed by atoms with Gasteiger partial charge in [0.1, 0.15) is 12.4 Å². The topological polar surface area (TPSA) is 77.1 Å². The Labute approximate surface area is 177 Å². The number of amides is 1. The Morgan fingerprint density at radius 2 is 1.83 bits per heavy atom. The number of carbonyl (C=O) groups is 1. The number of likely N-dealkylation sites (N-methyl/N-ethyl adjacent to an activating group) is 1. The summed E-state index contributed by atoms with van der Waals surface area (Å²) < 4.78 is 5.68. The van der Waals surface area contributed by atoms with Crippen molar-refractivity contribution < 1.29 is 14.7 Å². The van der Waals surface area contributed by atoms with E-state index in [4.69, 9.17) is 9.94 Å². The van der Waals surface area contributed by atoms with E-state index in [1.165, 1.54) is 11.6 Å². The van der Waals surface area contributed by atoms with E-state index in [9.17, 15) is 4.79 Å². The SMILES string of the molecule is CNCCOc1ccc(CN2CCN(c3ccccc3/C=C/C(=O)NO)CC2)cc1. The Kier molecular flexibility index (Phi) is 8.26. The van der Waals surface area contributed by atoms with Gasteiger partial charge in [-0.1, -0.05) is 30.3 Å². The molecule has 7 heteroatoms. The molecular formula is C23H30N4O3. The standard InChI is InChI=1S/C23H30N4O3/c1-24-12-17-30-21-9-6-19(7-10-21)18-26-13-15-27(16-14-26)22-5-3-2-4-20(22)8-11-23(28)25-29/h2-11,24,29H,12-18H2,1H3,(H,25,28)/b11-8+. The van der Waals surface area contributed by atoms with E-state index in [1.807, 2.05) is 37.4 Å². The first-order valence-electron chi connectivity index (χ1n) is 10.2. The minimum Gasteiger partial charge on any atom is -0.492 e. The maximum Gasteiger partial charge on any atom is 0.267 e. The molecule has 0 unspecified atom stereocenters. The van der Waals surface area contributed by atoms with Crippen molar-refractivity contribution in [3.63, 3.8) is 0 Å². The molecule has 2 aromatic carbocycles. The van der Waals surface area contributed by atoms with E-state index >= 15 is 0 Å². The Morgan fingerprint density at radius 3 is 2.53 bits per heavy atom. The van der Waals surface area contributed by atoms with E-state index in [2.05, 4.69) is 33.3 Å². The van der Waals surface area contributed by atoms with Crippen LogP contribution in [0.3, 0.4) is 0 Å². The molecule has 1 fully saturated rings. The van der Waals surface area contributed by atoms with Crippen LogP contribution in [0.2, 0.25) is 0 Å². The number of benzene rings is 2. The highest BCUT2D eigenvalue weighted by Crippen LogP contribution is 2.24. The number of hydrogen-bond donors (Lipinski definition) is 3. The van der Waals surface area contributed by atoms with Crippen LogP contribution in [0.1, 0.15) is 11.1 Å². The van der Waals surface area contributed by atoms with Gasteiger partial charge < -0.3 is 15.0 Å². The monoisotopic (exact) mass is 410 g/mol. The van der Waals surface area contributed by atoms with Gasteiger partial charge >= 0.3 is 0 Å². The van der Waals surface area contributed by atoms with Crippen molar-refractivity contribution >= 4 is 17.7 Å². The van der Waals surface area contributed by atoms with Gasteiger partial charge in [-0.2, -0.15) is 0 Å². The molecule has 3 rings (SSSR count). The highest BCUT2D eigenvalue weighted by molar-refractivity contribution is 5.91. The van der Waals surface area contributed by atoms with E-state index in [-0.39, 0.29) is 0 Å². The van der Waals surface area contributed by atoms with E-state index in [1.54, 1.807) is 11.6 Å². The van der Waals surface area contributed by atoms with Gasteiger partial charge in [-0.3, -0.25) is 14.9 Å². The molecule has 1 aliphatic heterocycles. The quantitative estimate of drug-likeness (QED) is 0.254. The van der Waals surface area contributed by atoms with Crippen LogP contribution >= 0.6 is 0 Å². The van der Waals surface area contributed by atoms with Gasteiger partial charge in [-0.05, 0) is 42.4 Å². The molecule has 2 aromatic rings. The smallest absolute Gasteiger partial charge is 0.267 e. The fourth-order valence-electron chi connectivity index (χ4n) is 3.49. The summed E-state index contributed by atoms with van der Waals surface area (Å²) in [5, 5.41) is 11.7. The predicted octanol–water partition coefficient (Wildman–Crippen LogP) is 2.13. The lowest BCUT2D eigenvalue weighted by Crippen LogP contribution is -2.46. The van der Waals surface area contributed by atoms with Crippen LogP contribution in [0.25, 0.3) is 6.08 Å². The first-order valence-corrected chi connectivity index (χ1v) is 10.2. The zero-order chi connectivity index (χ0) is 21.2. The maximum atomic E-state index is 11.3. The molecule has 3 N–H and O–H groups in total. The third kappa shape index (κ3) is 6.32. The molecule has 0 aromatic heterocycles. The molecule has 1 amide bonds. The Balaban J connectivity index is 1.53. The van der Waals surface area contributed by atoms with Crippen molar-refractivity contribution in [1.29, 1.82) is 0 Å². The van der Waals surface area contributed by atoms with Crippen molar-refractivity contribution in [1.82, 2.24) is 15.7 Å². The van der Waals surface area contributed by atoms with Gasteiger partial charge in [0.2, 0.25) is 0 Å². The summed E-state index contributed by atoms with van der Waals surface area (Å²) in [5.74, 6) is 0.367. The molecule has 160 valence electrons. The summed E-state index contributed by atoms with van der Waals surface area (Å²) in [6, 6.07) is 16.3. The first kappa shape index (κ1) is 21.8. The molecule has 0 spiro atoms. The minimum atomic E-state index is -0.534. The second kappa shape index (κ2) is 11.3. The maximum absolute atomic E-state index is 11.3. The van der Waals surface area contributed by atoms with Gasteiger partial charge in [-0.25, -0.2) is 5.48 Å². The summed E-state index contributed by atoms with van der Waals surface area (Å²) in [7, 11) is 1.91. The molecule has 1 heterocycles. The number of anilines is 1. The van der Waals surface area contributed by atoms with Crippen molar-refractivity contribution in [3.05, 3.63) is 65.7 Å². The summed E-state index contributed by atoms with van der Waals surface area (Å²) in [4.78, 5) is 16.1. The van der Waals surface area contributed by atoms with Gasteiger partial charge in [0.15, 0.2) is 0 Å². The largest absolute Gasteiger partial charge is 0.492 e. The van der Waals surface area contributed by atoms with E-state index < -0.39 is 5.91 Å². The summed E-state index contributed by atoms with van der Waals surface area (Å²) in [6.07, 6.45) is 3.06. The zero-order valence-corrected chi connectivity index (χ0v) is 17.4. The lowest BCUT2D eigenvalue weighted by atomic mass is 10.1. The first-order chi connectivity index (χ1) is 14.7. The van der Waals surface area contributed by atoms with Crippen LogP contribution in [0, 0.1) is 0 Å². The average molecular weight is 411 g/mol. The van der Waals surface area contributed by atoms with E-state index in [0.717, 1.165) is 56.3 Å². The van der Waals surface area contributed by atoms with E-state index in [0.29, 0.717) is 6.61 Å². The summed E-state index contributed by atoms with van der Waals surface area (Å²) >= 11 is 0. The van der Waals surface area contributed by atoms with Crippen LogP contribution in [0.15, 0.2) is 54.6 Å². The molecule has 1 saturated heterocycles.